The molecule has 0 aromatic heterocycles. The maximum Gasteiger partial charge on any atom is 0.204 e. The highest BCUT2D eigenvalue weighted by molar-refractivity contribution is 14.1. The zero-order valence-corrected chi connectivity index (χ0v) is 19.9. The van der Waals surface area contributed by atoms with Gasteiger partial charge in [-0.25, -0.2) is 0 Å². The van der Waals surface area contributed by atoms with Crippen LogP contribution in [0.3, 0.4) is 0 Å². The maximum atomic E-state index is 5.78. The summed E-state index contributed by atoms with van der Waals surface area (Å²) in [6.45, 7) is 4.10. The van der Waals surface area contributed by atoms with E-state index in [-0.39, 0.29) is 0 Å². The van der Waals surface area contributed by atoms with Crippen molar-refractivity contribution >= 4 is 50.7 Å². The lowest BCUT2D eigenvalue weighted by Crippen LogP contribution is -1.99. The van der Waals surface area contributed by atoms with Gasteiger partial charge >= 0.3 is 0 Å². The quantitative estimate of drug-likeness (QED) is 0.220. The Labute approximate surface area is 187 Å². The molecule has 0 amide bonds. The largest absolute Gasteiger partial charge is 0.493 e. The minimum Gasteiger partial charge on any atom is -0.493 e. The molecule has 0 aliphatic carbocycles. The van der Waals surface area contributed by atoms with E-state index in [4.69, 9.17) is 23.7 Å². The van der Waals surface area contributed by atoms with Crippen LogP contribution >= 0.6 is 38.5 Å². The van der Waals surface area contributed by atoms with Gasteiger partial charge in [-0.2, -0.15) is 0 Å². The Hall–Kier alpha value is -1.87. The van der Waals surface area contributed by atoms with Crippen LogP contribution in [-0.2, 0) is 0 Å². The number of ether oxygens (including phenoxy) is 5. The van der Waals surface area contributed by atoms with Crippen LogP contribution in [0, 0.1) is 3.57 Å². The predicted molar refractivity (Wildman–Crippen MR) is 124 cm³/mol. The molecular formula is C21H22BrIO5. The number of rotatable bonds is 9. The van der Waals surface area contributed by atoms with E-state index in [9.17, 15) is 0 Å². The second kappa shape index (κ2) is 10.6. The third kappa shape index (κ3) is 4.75. The Kier molecular flexibility index (Phi) is 8.50. The molecule has 0 radical (unpaired) electrons. The highest BCUT2D eigenvalue weighted by Gasteiger charge is 2.18. The SMILES string of the molecule is C=CCOc1c(OC)ccc(/C=C\c2cc(OC)c(OC)c(OC)c2Br)c1I. The van der Waals surface area contributed by atoms with E-state index in [1.54, 1.807) is 34.5 Å². The Balaban J connectivity index is 2.50. The smallest absolute Gasteiger partial charge is 0.204 e. The number of benzene rings is 2. The number of hydrogen-bond donors (Lipinski definition) is 0. The zero-order valence-electron chi connectivity index (χ0n) is 16.2. The summed E-state index contributed by atoms with van der Waals surface area (Å²) in [6.07, 6.45) is 5.66. The van der Waals surface area contributed by atoms with Gasteiger partial charge in [0.25, 0.3) is 0 Å². The molecule has 0 heterocycles. The minimum absolute atomic E-state index is 0.401. The van der Waals surface area contributed by atoms with E-state index in [2.05, 4.69) is 45.1 Å². The molecule has 2 rings (SSSR count). The molecule has 5 nitrogen and oxygen atoms in total. The van der Waals surface area contributed by atoms with E-state index >= 15 is 0 Å². The lowest BCUT2D eigenvalue weighted by Gasteiger charge is -2.15. The van der Waals surface area contributed by atoms with Gasteiger partial charge in [-0.3, -0.25) is 0 Å². The van der Waals surface area contributed by atoms with Gasteiger partial charge in [-0.05, 0) is 67.8 Å². The summed E-state index contributed by atoms with van der Waals surface area (Å²) in [5.74, 6) is 3.06. The van der Waals surface area contributed by atoms with E-state index in [0.29, 0.717) is 35.4 Å². The van der Waals surface area contributed by atoms with Crippen molar-refractivity contribution in [2.24, 2.45) is 0 Å². The molecule has 0 aliphatic rings. The summed E-state index contributed by atoms with van der Waals surface area (Å²) in [7, 11) is 6.38. The highest BCUT2D eigenvalue weighted by atomic mass is 127. The zero-order chi connectivity index (χ0) is 20.7. The van der Waals surface area contributed by atoms with Crippen LogP contribution in [0.2, 0.25) is 0 Å². The van der Waals surface area contributed by atoms with Gasteiger partial charge in [0.1, 0.15) is 6.61 Å². The Morgan fingerprint density at radius 1 is 0.893 bits per heavy atom. The standard InChI is InChI=1S/C21H22BrIO5/c1-6-11-28-19-15(24-2)10-9-13(18(19)23)7-8-14-12-16(25-3)20(26-4)21(27-5)17(14)22/h6-10,12H,1,11H2,2-5H3/b8-7-. The molecule has 0 spiro atoms. The molecule has 28 heavy (non-hydrogen) atoms. The molecule has 0 atom stereocenters. The molecule has 2 aromatic rings. The van der Waals surface area contributed by atoms with Crippen LogP contribution in [0.4, 0.5) is 0 Å². The van der Waals surface area contributed by atoms with Crippen LogP contribution in [0.25, 0.3) is 12.2 Å². The maximum absolute atomic E-state index is 5.78. The first-order valence-corrected chi connectivity index (χ1v) is 10.2. The summed E-state index contributed by atoms with van der Waals surface area (Å²) in [5.41, 5.74) is 1.87. The molecule has 0 saturated heterocycles. The Bertz CT molecular complexity index is 880. The Morgan fingerprint density at radius 3 is 2.11 bits per heavy atom. The van der Waals surface area contributed by atoms with Crippen LogP contribution < -0.4 is 23.7 Å². The van der Waals surface area contributed by atoms with Crippen LogP contribution in [0.5, 0.6) is 28.7 Å². The molecule has 0 unspecified atom stereocenters. The summed E-state index contributed by atoms with van der Waals surface area (Å²) in [5, 5.41) is 0. The fraction of sp³-hybridized carbons (Fsp3) is 0.238. The summed E-state index contributed by atoms with van der Waals surface area (Å²) in [4.78, 5) is 0. The molecule has 0 fully saturated rings. The average Bonchev–Trinajstić information content (AvgIpc) is 2.71. The van der Waals surface area contributed by atoms with E-state index in [1.165, 1.54) is 0 Å². The predicted octanol–water partition coefficient (Wildman–Crippen LogP) is 5.82. The van der Waals surface area contributed by atoms with Crippen LogP contribution in [-0.4, -0.2) is 35.0 Å². The van der Waals surface area contributed by atoms with Crippen LogP contribution in [0.15, 0.2) is 35.3 Å². The fourth-order valence-electron chi connectivity index (χ4n) is 2.56. The Morgan fingerprint density at radius 2 is 1.54 bits per heavy atom. The number of hydrogen-bond acceptors (Lipinski definition) is 5. The van der Waals surface area contributed by atoms with E-state index < -0.39 is 0 Å². The van der Waals surface area contributed by atoms with Crippen molar-refractivity contribution in [3.05, 3.63) is 50.0 Å². The van der Waals surface area contributed by atoms with Crippen molar-refractivity contribution in [1.82, 2.24) is 0 Å². The summed E-state index contributed by atoms with van der Waals surface area (Å²) in [6, 6.07) is 5.74. The lowest BCUT2D eigenvalue weighted by atomic mass is 10.1. The van der Waals surface area contributed by atoms with Gasteiger partial charge in [0.2, 0.25) is 5.75 Å². The molecule has 0 N–H and O–H groups in total. The van der Waals surface area contributed by atoms with Gasteiger partial charge < -0.3 is 23.7 Å². The molecule has 0 saturated carbocycles. The van der Waals surface area contributed by atoms with E-state index in [0.717, 1.165) is 19.2 Å². The molecule has 2 aromatic carbocycles. The van der Waals surface area contributed by atoms with Gasteiger partial charge in [-0.1, -0.05) is 24.8 Å². The fourth-order valence-corrected chi connectivity index (χ4v) is 3.93. The lowest BCUT2D eigenvalue weighted by molar-refractivity contribution is 0.323. The molecular weight excluding hydrogens is 539 g/mol. The van der Waals surface area contributed by atoms with E-state index in [1.807, 2.05) is 30.4 Å². The molecule has 7 heteroatoms. The first kappa shape index (κ1) is 22.4. The minimum atomic E-state index is 0.401. The van der Waals surface area contributed by atoms with Crippen molar-refractivity contribution < 1.29 is 23.7 Å². The monoisotopic (exact) mass is 560 g/mol. The number of methoxy groups -OCH3 is 4. The number of halogens is 2. The second-order valence-electron chi connectivity index (χ2n) is 5.48. The van der Waals surface area contributed by atoms with Gasteiger partial charge in [-0.15, -0.1) is 0 Å². The third-order valence-corrected chi connectivity index (χ3v) is 5.83. The van der Waals surface area contributed by atoms with Crippen molar-refractivity contribution in [2.45, 2.75) is 0 Å². The van der Waals surface area contributed by atoms with Gasteiger partial charge in [0.05, 0.1) is 36.5 Å². The normalized spacial score (nSPS) is 10.6. The van der Waals surface area contributed by atoms with Gasteiger partial charge in [0.15, 0.2) is 23.0 Å². The van der Waals surface area contributed by atoms with Crippen molar-refractivity contribution in [1.29, 1.82) is 0 Å². The van der Waals surface area contributed by atoms with Crippen LogP contribution in [0.1, 0.15) is 11.1 Å². The molecule has 0 bridgehead atoms. The topological polar surface area (TPSA) is 46.2 Å². The third-order valence-electron chi connectivity index (χ3n) is 3.90. The summed E-state index contributed by atoms with van der Waals surface area (Å²) < 4.78 is 29.2. The van der Waals surface area contributed by atoms with Crippen molar-refractivity contribution in [3.8, 4) is 28.7 Å². The first-order chi connectivity index (χ1) is 13.5. The van der Waals surface area contributed by atoms with Crippen molar-refractivity contribution in [3.63, 3.8) is 0 Å². The second-order valence-corrected chi connectivity index (χ2v) is 7.35. The molecule has 0 aliphatic heterocycles. The van der Waals surface area contributed by atoms with Gasteiger partial charge in [0, 0.05) is 0 Å². The summed E-state index contributed by atoms with van der Waals surface area (Å²) >= 11 is 5.84. The average molecular weight is 561 g/mol. The first-order valence-electron chi connectivity index (χ1n) is 8.29. The highest BCUT2D eigenvalue weighted by Crippen LogP contribution is 2.45. The molecule has 150 valence electrons. The van der Waals surface area contributed by atoms with Crippen molar-refractivity contribution in [2.75, 3.05) is 35.0 Å².